The lowest BCUT2D eigenvalue weighted by atomic mass is 10.0. The molecule has 3 rings (SSSR count). The predicted octanol–water partition coefficient (Wildman–Crippen LogP) is 0.811. The highest BCUT2D eigenvalue weighted by Gasteiger charge is 2.25. The van der Waals surface area contributed by atoms with Gasteiger partial charge in [0, 0.05) is 30.7 Å². The van der Waals surface area contributed by atoms with Crippen LogP contribution in [0.2, 0.25) is 0 Å². The number of ether oxygens (including phenoxy) is 1. The highest BCUT2D eigenvalue weighted by Crippen LogP contribution is 2.13. The van der Waals surface area contributed by atoms with E-state index in [0.29, 0.717) is 11.4 Å². The summed E-state index contributed by atoms with van der Waals surface area (Å²) in [6.07, 6.45) is 0. The Labute approximate surface area is 147 Å². The lowest BCUT2D eigenvalue weighted by Gasteiger charge is -2.35. The van der Waals surface area contributed by atoms with E-state index in [0.717, 1.165) is 38.5 Å². The maximum Gasteiger partial charge on any atom is 0.251 e. The number of carbonyl (C=O) groups excluding carboxylic acids is 1. The number of hydrogen-bond acceptors (Lipinski definition) is 6. The largest absolute Gasteiger partial charge is 0.379 e. The molecule has 2 heterocycles. The third-order valence-corrected chi connectivity index (χ3v) is 4.15. The van der Waals surface area contributed by atoms with Gasteiger partial charge in [-0.15, -0.1) is 5.10 Å². The van der Waals surface area contributed by atoms with Gasteiger partial charge < -0.3 is 10.1 Å². The number of nitrogens with zero attached hydrogens (tertiary/aromatic N) is 5. The van der Waals surface area contributed by atoms with Gasteiger partial charge in [0.15, 0.2) is 5.82 Å². The zero-order valence-corrected chi connectivity index (χ0v) is 14.9. The number of nitrogens with one attached hydrogen (secondary N) is 1. The van der Waals surface area contributed by atoms with Gasteiger partial charge in [-0.2, -0.15) is 4.68 Å². The first-order valence-corrected chi connectivity index (χ1v) is 8.43. The molecule has 1 fully saturated rings. The van der Waals surface area contributed by atoms with E-state index in [2.05, 4.69) is 25.7 Å². The molecule has 1 amide bonds. The summed E-state index contributed by atoms with van der Waals surface area (Å²) in [5.74, 6) is 0.566. The van der Waals surface area contributed by atoms with E-state index in [9.17, 15) is 4.79 Å². The summed E-state index contributed by atoms with van der Waals surface area (Å²) < 4.78 is 6.98. The van der Waals surface area contributed by atoms with Crippen LogP contribution in [0, 0.1) is 6.92 Å². The van der Waals surface area contributed by atoms with Crippen molar-refractivity contribution in [3.63, 3.8) is 0 Å². The summed E-state index contributed by atoms with van der Waals surface area (Å²) >= 11 is 0. The minimum atomic E-state index is -0.338. The van der Waals surface area contributed by atoms with Crippen molar-refractivity contribution < 1.29 is 9.53 Å². The zero-order chi connectivity index (χ0) is 17.9. The van der Waals surface area contributed by atoms with Crippen LogP contribution in [-0.2, 0) is 4.74 Å². The van der Waals surface area contributed by atoms with Crippen molar-refractivity contribution in [2.45, 2.75) is 26.3 Å². The molecule has 1 aliphatic heterocycles. The van der Waals surface area contributed by atoms with E-state index in [4.69, 9.17) is 4.74 Å². The lowest BCUT2D eigenvalue weighted by Crippen LogP contribution is -2.53. The van der Waals surface area contributed by atoms with Crippen LogP contribution in [0.3, 0.4) is 0 Å². The average molecular weight is 344 g/mol. The monoisotopic (exact) mass is 344 g/mol. The maximum atomic E-state index is 12.7. The van der Waals surface area contributed by atoms with E-state index >= 15 is 0 Å². The van der Waals surface area contributed by atoms with E-state index < -0.39 is 0 Å². The van der Waals surface area contributed by atoms with E-state index in [1.165, 1.54) is 0 Å². The van der Waals surface area contributed by atoms with Crippen LogP contribution in [0.1, 0.15) is 30.0 Å². The van der Waals surface area contributed by atoms with E-state index in [1.807, 2.05) is 32.9 Å². The summed E-state index contributed by atoms with van der Waals surface area (Å²) in [6, 6.07) is 7.30. The van der Waals surface area contributed by atoms with Gasteiger partial charge in [0.25, 0.3) is 5.91 Å². The van der Waals surface area contributed by atoms with Crippen LogP contribution in [0.15, 0.2) is 24.3 Å². The Balaban J connectivity index is 1.69. The van der Waals surface area contributed by atoms with Crippen molar-refractivity contribution in [1.29, 1.82) is 0 Å². The first-order chi connectivity index (χ1) is 11.9. The number of aryl methyl sites for hydroxylation is 1. The van der Waals surface area contributed by atoms with Crippen LogP contribution >= 0.6 is 0 Å². The van der Waals surface area contributed by atoms with Crippen molar-refractivity contribution in [1.82, 2.24) is 30.4 Å². The summed E-state index contributed by atoms with van der Waals surface area (Å²) in [6.45, 7) is 9.97. The predicted molar refractivity (Wildman–Crippen MR) is 92.7 cm³/mol. The lowest BCUT2D eigenvalue weighted by molar-refractivity contribution is 0.0269. The fourth-order valence-corrected chi connectivity index (χ4v) is 2.99. The molecule has 1 saturated heterocycles. The van der Waals surface area contributed by atoms with Crippen LogP contribution < -0.4 is 5.32 Å². The van der Waals surface area contributed by atoms with Crippen LogP contribution in [-0.4, -0.2) is 69.4 Å². The molecule has 0 aliphatic carbocycles. The summed E-state index contributed by atoms with van der Waals surface area (Å²) in [5.41, 5.74) is 1.01. The molecular weight excluding hydrogens is 320 g/mol. The molecule has 8 heteroatoms. The number of morpholine rings is 1. The number of tetrazole rings is 1. The zero-order valence-electron chi connectivity index (χ0n) is 14.9. The fourth-order valence-electron chi connectivity index (χ4n) is 2.99. The van der Waals surface area contributed by atoms with E-state index in [1.54, 1.807) is 16.8 Å². The van der Waals surface area contributed by atoms with Crippen molar-refractivity contribution in [3.8, 4) is 5.69 Å². The van der Waals surface area contributed by atoms with Gasteiger partial charge in [0.1, 0.15) is 0 Å². The molecule has 1 aromatic carbocycles. The average Bonchev–Trinajstić information content (AvgIpc) is 3.01. The molecule has 0 saturated carbocycles. The molecule has 8 nitrogen and oxygen atoms in total. The fraction of sp³-hybridized carbons (Fsp3) is 0.529. The normalized spacial score (nSPS) is 16.0. The highest BCUT2D eigenvalue weighted by atomic mass is 16.5. The Kier molecular flexibility index (Phi) is 5.10. The van der Waals surface area contributed by atoms with Gasteiger partial charge in [-0.25, -0.2) is 0 Å². The van der Waals surface area contributed by atoms with Crippen LogP contribution in [0.25, 0.3) is 5.69 Å². The van der Waals surface area contributed by atoms with Crippen molar-refractivity contribution in [2.24, 2.45) is 0 Å². The smallest absolute Gasteiger partial charge is 0.251 e. The molecule has 1 N–H and O–H groups in total. The summed E-state index contributed by atoms with van der Waals surface area (Å²) in [5, 5.41) is 14.6. The molecule has 25 heavy (non-hydrogen) atoms. The second kappa shape index (κ2) is 7.28. The van der Waals surface area contributed by atoms with Crippen molar-refractivity contribution in [3.05, 3.63) is 35.7 Å². The number of aromatic nitrogens is 4. The summed E-state index contributed by atoms with van der Waals surface area (Å²) in [7, 11) is 0. The number of hydrogen-bond donors (Lipinski definition) is 1. The molecule has 0 atom stereocenters. The standard InChI is InChI=1S/C17H24N6O2/c1-13-19-20-21-23(13)15-6-4-5-14(11-15)16(24)18-17(2,3)12-22-7-9-25-10-8-22/h4-6,11H,7-10,12H2,1-3H3,(H,18,24). The number of rotatable bonds is 5. The Bertz CT molecular complexity index is 736. The first-order valence-electron chi connectivity index (χ1n) is 8.43. The van der Waals surface area contributed by atoms with Gasteiger partial charge in [0.05, 0.1) is 18.9 Å². The maximum absolute atomic E-state index is 12.7. The van der Waals surface area contributed by atoms with Gasteiger partial charge in [0.2, 0.25) is 0 Å². The number of amides is 1. The Morgan fingerprint density at radius 3 is 2.76 bits per heavy atom. The third kappa shape index (κ3) is 4.40. The molecule has 134 valence electrons. The second-order valence-corrected chi connectivity index (χ2v) is 6.91. The molecule has 2 aromatic rings. The Morgan fingerprint density at radius 2 is 2.08 bits per heavy atom. The minimum Gasteiger partial charge on any atom is -0.379 e. The number of benzene rings is 1. The highest BCUT2D eigenvalue weighted by molar-refractivity contribution is 5.95. The Morgan fingerprint density at radius 1 is 1.32 bits per heavy atom. The molecular formula is C17H24N6O2. The van der Waals surface area contributed by atoms with Crippen molar-refractivity contribution >= 4 is 5.91 Å². The molecule has 0 unspecified atom stereocenters. The second-order valence-electron chi connectivity index (χ2n) is 6.91. The van der Waals surface area contributed by atoms with Gasteiger partial charge in [-0.05, 0) is 49.4 Å². The quantitative estimate of drug-likeness (QED) is 0.864. The number of carbonyl (C=O) groups is 1. The molecule has 1 aliphatic rings. The minimum absolute atomic E-state index is 0.106. The topological polar surface area (TPSA) is 85.2 Å². The SMILES string of the molecule is Cc1nnnn1-c1cccc(C(=O)NC(C)(C)CN2CCOCC2)c1. The third-order valence-electron chi connectivity index (χ3n) is 4.15. The molecule has 0 spiro atoms. The summed E-state index contributed by atoms with van der Waals surface area (Å²) in [4.78, 5) is 15.0. The van der Waals surface area contributed by atoms with Gasteiger partial charge >= 0.3 is 0 Å². The molecule has 0 radical (unpaired) electrons. The Hall–Kier alpha value is -2.32. The van der Waals surface area contributed by atoms with E-state index in [-0.39, 0.29) is 11.4 Å². The molecule has 1 aromatic heterocycles. The molecule has 0 bridgehead atoms. The van der Waals surface area contributed by atoms with Gasteiger partial charge in [-0.1, -0.05) is 6.07 Å². The van der Waals surface area contributed by atoms with Gasteiger partial charge in [-0.3, -0.25) is 9.69 Å². The van der Waals surface area contributed by atoms with Crippen LogP contribution in [0.4, 0.5) is 0 Å². The first kappa shape index (κ1) is 17.5. The van der Waals surface area contributed by atoms with Crippen molar-refractivity contribution in [2.75, 3.05) is 32.8 Å². The van der Waals surface area contributed by atoms with Crippen LogP contribution in [0.5, 0.6) is 0 Å².